The number of hydrogen-bond acceptors (Lipinski definition) is 4. The van der Waals surface area contributed by atoms with Crippen molar-refractivity contribution < 1.29 is 9.90 Å². The summed E-state index contributed by atoms with van der Waals surface area (Å²) in [6, 6.07) is 20.5. The topological polar surface area (TPSA) is 80.0 Å². The zero-order chi connectivity index (χ0) is 18.4. The molecule has 0 fully saturated rings. The Morgan fingerprint density at radius 1 is 1.00 bits per heavy atom. The third kappa shape index (κ3) is 2.62. The molecule has 0 aliphatic carbocycles. The summed E-state index contributed by atoms with van der Waals surface area (Å²) < 4.78 is 0. The summed E-state index contributed by atoms with van der Waals surface area (Å²) in [5.41, 5.74) is 4.94. The fourth-order valence-electron chi connectivity index (χ4n) is 3.65. The Bertz CT molecular complexity index is 1170. The van der Waals surface area contributed by atoms with E-state index in [1.165, 1.54) is 0 Å². The Kier molecular flexibility index (Phi) is 3.43. The van der Waals surface area contributed by atoms with Gasteiger partial charge in [0.15, 0.2) is 0 Å². The smallest absolute Gasteiger partial charge is 0.225 e. The summed E-state index contributed by atoms with van der Waals surface area (Å²) in [5.74, 6) is -0.0590. The van der Waals surface area contributed by atoms with Crippen LogP contribution in [-0.2, 0) is 4.79 Å². The van der Waals surface area contributed by atoms with Gasteiger partial charge in [0.05, 0.1) is 5.69 Å². The van der Waals surface area contributed by atoms with E-state index < -0.39 is 0 Å². The highest BCUT2D eigenvalue weighted by Gasteiger charge is 2.30. The minimum Gasteiger partial charge on any atom is -0.508 e. The van der Waals surface area contributed by atoms with Crippen LogP contribution in [-0.4, -0.2) is 26.0 Å². The molecule has 1 amide bonds. The maximum Gasteiger partial charge on any atom is 0.225 e. The van der Waals surface area contributed by atoms with E-state index in [1.54, 1.807) is 23.0 Å². The standard InChI is InChI=1S/C21H16N4O2/c26-15-8-4-5-13(11-15)16-12-19(27)22-17-9-10-18-21(20(16)17)24-25(23-18)14-6-2-1-3-7-14/h1-11,16,26H,12H2,(H,22,27)/t16-/m0/s1. The number of aromatic hydroxyl groups is 1. The minimum atomic E-state index is -0.189. The van der Waals surface area contributed by atoms with Crippen molar-refractivity contribution in [3.63, 3.8) is 0 Å². The van der Waals surface area contributed by atoms with Gasteiger partial charge < -0.3 is 10.4 Å². The molecule has 132 valence electrons. The number of nitrogens with zero attached hydrogens (tertiary/aromatic N) is 3. The van der Waals surface area contributed by atoms with Crippen molar-refractivity contribution in [3.05, 3.63) is 77.9 Å². The Hall–Kier alpha value is -3.67. The highest BCUT2D eigenvalue weighted by Crippen LogP contribution is 2.41. The number of nitrogens with one attached hydrogen (secondary N) is 1. The van der Waals surface area contributed by atoms with E-state index >= 15 is 0 Å². The van der Waals surface area contributed by atoms with Crippen LogP contribution in [0.15, 0.2) is 66.7 Å². The van der Waals surface area contributed by atoms with Crippen LogP contribution in [0.5, 0.6) is 5.75 Å². The lowest BCUT2D eigenvalue weighted by molar-refractivity contribution is -0.116. The number of fused-ring (bicyclic) bond motifs is 3. The van der Waals surface area contributed by atoms with Gasteiger partial charge in [0, 0.05) is 23.6 Å². The van der Waals surface area contributed by atoms with Crippen LogP contribution < -0.4 is 5.32 Å². The third-order valence-electron chi connectivity index (χ3n) is 4.86. The predicted octanol–water partition coefficient (Wildman–Crippen LogP) is 3.60. The summed E-state index contributed by atoms with van der Waals surface area (Å²) in [5, 5.41) is 22.1. The number of anilines is 1. The second-order valence-corrected chi connectivity index (χ2v) is 6.62. The number of benzene rings is 3. The van der Waals surface area contributed by atoms with Crippen molar-refractivity contribution in [2.24, 2.45) is 0 Å². The molecule has 1 aromatic heterocycles. The molecule has 0 unspecified atom stereocenters. The van der Waals surface area contributed by atoms with Gasteiger partial charge in [-0.1, -0.05) is 30.3 Å². The number of rotatable bonds is 2. The molecule has 0 bridgehead atoms. The molecule has 0 radical (unpaired) electrons. The zero-order valence-corrected chi connectivity index (χ0v) is 14.3. The first-order valence-corrected chi connectivity index (χ1v) is 8.73. The molecule has 3 aromatic carbocycles. The average Bonchev–Trinajstić information content (AvgIpc) is 3.12. The quantitative estimate of drug-likeness (QED) is 0.575. The van der Waals surface area contributed by atoms with Crippen LogP contribution in [0, 0.1) is 0 Å². The van der Waals surface area contributed by atoms with Crippen LogP contribution in [0.3, 0.4) is 0 Å². The summed E-state index contributed by atoms with van der Waals surface area (Å²) in [6.45, 7) is 0. The number of amides is 1. The van der Waals surface area contributed by atoms with E-state index in [0.717, 1.165) is 33.5 Å². The van der Waals surface area contributed by atoms with Crippen LogP contribution in [0.4, 0.5) is 5.69 Å². The maximum atomic E-state index is 12.2. The van der Waals surface area contributed by atoms with Gasteiger partial charge in [0.1, 0.15) is 16.8 Å². The number of aromatic nitrogens is 3. The van der Waals surface area contributed by atoms with E-state index in [4.69, 9.17) is 5.10 Å². The first kappa shape index (κ1) is 15.6. The molecule has 4 aromatic rings. The molecule has 5 rings (SSSR count). The predicted molar refractivity (Wildman–Crippen MR) is 102 cm³/mol. The van der Waals surface area contributed by atoms with E-state index in [-0.39, 0.29) is 17.6 Å². The number of carbonyl (C=O) groups is 1. The van der Waals surface area contributed by atoms with Crippen molar-refractivity contribution in [2.45, 2.75) is 12.3 Å². The van der Waals surface area contributed by atoms with Crippen molar-refractivity contribution in [2.75, 3.05) is 5.32 Å². The van der Waals surface area contributed by atoms with Gasteiger partial charge in [-0.25, -0.2) is 0 Å². The molecule has 1 aliphatic rings. The molecule has 27 heavy (non-hydrogen) atoms. The highest BCUT2D eigenvalue weighted by atomic mass is 16.3. The first-order chi connectivity index (χ1) is 13.2. The van der Waals surface area contributed by atoms with Crippen LogP contribution >= 0.6 is 0 Å². The first-order valence-electron chi connectivity index (χ1n) is 8.73. The minimum absolute atomic E-state index is 0.0503. The van der Waals surface area contributed by atoms with Crippen molar-refractivity contribution >= 4 is 22.6 Å². The molecule has 6 heteroatoms. The lowest BCUT2D eigenvalue weighted by atomic mass is 9.84. The molecule has 2 N–H and O–H groups in total. The van der Waals surface area contributed by atoms with Gasteiger partial charge in [0.25, 0.3) is 0 Å². The number of phenolic OH excluding ortho intramolecular Hbond substituents is 1. The fourth-order valence-corrected chi connectivity index (χ4v) is 3.65. The number of carbonyl (C=O) groups excluding carboxylic acids is 1. The molecule has 1 atom stereocenters. The van der Waals surface area contributed by atoms with Crippen molar-refractivity contribution in [3.8, 4) is 11.4 Å². The van der Waals surface area contributed by atoms with Gasteiger partial charge in [-0.05, 0) is 42.0 Å². The molecule has 0 saturated carbocycles. The average molecular weight is 356 g/mol. The molecular weight excluding hydrogens is 340 g/mol. The van der Waals surface area contributed by atoms with E-state index in [2.05, 4.69) is 10.4 Å². The summed E-state index contributed by atoms with van der Waals surface area (Å²) in [7, 11) is 0. The molecule has 0 saturated heterocycles. The molecule has 1 aliphatic heterocycles. The number of phenols is 1. The fraction of sp³-hybridized carbons (Fsp3) is 0.0952. The molecule has 6 nitrogen and oxygen atoms in total. The SMILES string of the molecule is O=C1C[C@@H](c2cccc(O)c2)c2c(ccc3nn(-c4ccccc4)nc23)N1. The van der Waals surface area contributed by atoms with Gasteiger partial charge in [-0.15, -0.1) is 10.2 Å². The molecule has 0 spiro atoms. The summed E-state index contributed by atoms with van der Waals surface area (Å²) in [6.07, 6.45) is 0.299. The van der Waals surface area contributed by atoms with Gasteiger partial charge in [-0.3, -0.25) is 4.79 Å². The Labute approximate surface area is 155 Å². The second-order valence-electron chi connectivity index (χ2n) is 6.62. The van der Waals surface area contributed by atoms with Crippen LogP contribution in [0.1, 0.15) is 23.5 Å². The third-order valence-corrected chi connectivity index (χ3v) is 4.86. The number of para-hydroxylation sites is 1. The van der Waals surface area contributed by atoms with E-state index in [9.17, 15) is 9.90 Å². The largest absolute Gasteiger partial charge is 0.508 e. The highest BCUT2D eigenvalue weighted by molar-refractivity contribution is 5.99. The van der Waals surface area contributed by atoms with Gasteiger partial charge in [0.2, 0.25) is 5.91 Å². The monoisotopic (exact) mass is 356 g/mol. The Balaban J connectivity index is 1.73. The van der Waals surface area contributed by atoms with E-state index in [0.29, 0.717) is 6.42 Å². The normalized spacial score (nSPS) is 16.1. The summed E-state index contributed by atoms with van der Waals surface area (Å²) >= 11 is 0. The lowest BCUT2D eigenvalue weighted by Gasteiger charge is -2.26. The second kappa shape index (κ2) is 5.95. The van der Waals surface area contributed by atoms with Crippen LogP contribution in [0.25, 0.3) is 16.7 Å². The molecular formula is C21H16N4O2. The zero-order valence-electron chi connectivity index (χ0n) is 14.3. The maximum absolute atomic E-state index is 12.2. The van der Waals surface area contributed by atoms with Gasteiger partial charge >= 0.3 is 0 Å². The van der Waals surface area contributed by atoms with Crippen molar-refractivity contribution in [1.82, 2.24) is 15.0 Å². The van der Waals surface area contributed by atoms with Gasteiger partial charge in [-0.2, -0.15) is 4.80 Å². The molecule has 2 heterocycles. The Morgan fingerprint density at radius 3 is 2.67 bits per heavy atom. The van der Waals surface area contributed by atoms with Crippen molar-refractivity contribution in [1.29, 1.82) is 0 Å². The number of hydrogen-bond donors (Lipinski definition) is 2. The summed E-state index contributed by atoms with van der Waals surface area (Å²) in [4.78, 5) is 13.9. The van der Waals surface area contributed by atoms with Crippen LogP contribution in [0.2, 0.25) is 0 Å². The lowest BCUT2D eigenvalue weighted by Crippen LogP contribution is -2.23. The Morgan fingerprint density at radius 2 is 1.85 bits per heavy atom. The van der Waals surface area contributed by atoms with E-state index in [1.807, 2.05) is 48.5 Å².